The number of carbonyl (C=O) groups excluding carboxylic acids is 1. The Bertz CT molecular complexity index is 770. The Morgan fingerprint density at radius 1 is 1.15 bits per heavy atom. The molecule has 0 aliphatic heterocycles. The first-order chi connectivity index (χ1) is 13.2. The lowest BCUT2D eigenvalue weighted by Gasteiger charge is -2.13. The minimum atomic E-state index is -0.287. The van der Waals surface area contributed by atoms with E-state index in [1.807, 2.05) is 19.1 Å². The van der Waals surface area contributed by atoms with Crippen molar-refractivity contribution in [3.63, 3.8) is 0 Å². The molecule has 3 rings (SSSR count). The zero-order valence-corrected chi connectivity index (χ0v) is 15.7. The van der Waals surface area contributed by atoms with Gasteiger partial charge >= 0.3 is 0 Å². The third kappa shape index (κ3) is 5.81. The molecule has 1 heterocycles. The molecule has 1 amide bonds. The third-order valence-electron chi connectivity index (χ3n) is 4.44. The van der Waals surface area contributed by atoms with Crippen LogP contribution in [0.25, 0.3) is 0 Å². The van der Waals surface area contributed by atoms with E-state index in [1.54, 1.807) is 18.3 Å². The van der Waals surface area contributed by atoms with Crippen LogP contribution in [0.1, 0.15) is 49.5 Å². The Kier molecular flexibility index (Phi) is 6.79. The van der Waals surface area contributed by atoms with Gasteiger partial charge in [0.2, 0.25) is 0 Å². The van der Waals surface area contributed by atoms with Crippen molar-refractivity contribution in [3.05, 3.63) is 54.0 Å². The molecule has 1 aromatic heterocycles. The van der Waals surface area contributed by atoms with E-state index in [4.69, 9.17) is 4.74 Å². The highest BCUT2D eigenvalue weighted by atomic mass is 16.5. The van der Waals surface area contributed by atoms with Crippen LogP contribution in [0.5, 0.6) is 5.75 Å². The van der Waals surface area contributed by atoms with Crippen molar-refractivity contribution in [2.45, 2.75) is 39.0 Å². The summed E-state index contributed by atoms with van der Waals surface area (Å²) in [5, 5.41) is 6.07. The summed E-state index contributed by atoms with van der Waals surface area (Å²) in [4.78, 5) is 20.8. The van der Waals surface area contributed by atoms with Crippen LogP contribution in [0.2, 0.25) is 0 Å². The van der Waals surface area contributed by atoms with Crippen molar-refractivity contribution >= 4 is 17.4 Å². The number of anilines is 2. The Hall–Kier alpha value is -2.89. The first-order valence-electron chi connectivity index (χ1n) is 9.52. The molecule has 0 unspecified atom stereocenters. The summed E-state index contributed by atoms with van der Waals surface area (Å²) in [6.45, 7) is 3.37. The van der Waals surface area contributed by atoms with Gasteiger partial charge in [0.25, 0.3) is 5.91 Å². The summed E-state index contributed by atoms with van der Waals surface area (Å²) in [5.41, 5.74) is 2.49. The van der Waals surface area contributed by atoms with Gasteiger partial charge in [0, 0.05) is 12.2 Å². The van der Waals surface area contributed by atoms with Gasteiger partial charge in [-0.1, -0.05) is 11.6 Å². The Morgan fingerprint density at radius 2 is 2.00 bits per heavy atom. The predicted molar refractivity (Wildman–Crippen MR) is 107 cm³/mol. The van der Waals surface area contributed by atoms with Gasteiger partial charge in [0.1, 0.15) is 17.3 Å². The van der Waals surface area contributed by atoms with Crippen LogP contribution >= 0.6 is 0 Å². The quantitative estimate of drug-likeness (QED) is 0.676. The molecule has 1 aromatic carbocycles. The van der Waals surface area contributed by atoms with Gasteiger partial charge in [-0.05, 0) is 63.3 Å². The molecule has 0 saturated carbocycles. The molecule has 6 heteroatoms. The van der Waals surface area contributed by atoms with Crippen LogP contribution in [-0.4, -0.2) is 29.0 Å². The second-order valence-corrected chi connectivity index (χ2v) is 6.48. The van der Waals surface area contributed by atoms with Crippen molar-refractivity contribution in [1.29, 1.82) is 0 Å². The summed E-state index contributed by atoms with van der Waals surface area (Å²) in [5.74, 6) is 1.17. The maximum atomic E-state index is 12.3. The van der Waals surface area contributed by atoms with Gasteiger partial charge in [-0.25, -0.2) is 9.97 Å². The number of hydrogen-bond donors (Lipinski definition) is 2. The van der Waals surface area contributed by atoms with E-state index in [9.17, 15) is 4.79 Å². The summed E-state index contributed by atoms with van der Waals surface area (Å²) in [7, 11) is 0. The summed E-state index contributed by atoms with van der Waals surface area (Å²) >= 11 is 0. The second kappa shape index (κ2) is 9.71. The van der Waals surface area contributed by atoms with Gasteiger partial charge in [-0.15, -0.1) is 0 Å². The third-order valence-corrected chi connectivity index (χ3v) is 4.44. The second-order valence-electron chi connectivity index (χ2n) is 6.48. The number of aromatic nitrogens is 2. The number of nitrogens with one attached hydrogen (secondary N) is 2. The summed E-state index contributed by atoms with van der Waals surface area (Å²) in [6.07, 6.45) is 11.5. The SMILES string of the molecule is CCOc1ccc(NC(=O)c2cnc(NCCC3=CCCCC3)cn2)cc1. The Morgan fingerprint density at radius 3 is 2.67 bits per heavy atom. The van der Waals surface area contributed by atoms with Crippen molar-refractivity contribution in [3.8, 4) is 5.75 Å². The van der Waals surface area contributed by atoms with Gasteiger partial charge in [0.15, 0.2) is 0 Å². The van der Waals surface area contributed by atoms with Crippen molar-refractivity contribution < 1.29 is 9.53 Å². The molecule has 0 bridgehead atoms. The largest absolute Gasteiger partial charge is 0.494 e. The molecule has 0 saturated heterocycles. The van der Waals surface area contributed by atoms with Crippen molar-refractivity contribution in [2.24, 2.45) is 0 Å². The summed E-state index contributed by atoms with van der Waals surface area (Å²) < 4.78 is 5.39. The van der Waals surface area contributed by atoms with Gasteiger partial charge in [0.05, 0.1) is 19.0 Å². The Balaban J connectivity index is 1.48. The molecule has 0 spiro atoms. The zero-order valence-electron chi connectivity index (χ0n) is 15.7. The fourth-order valence-corrected chi connectivity index (χ4v) is 3.02. The highest BCUT2D eigenvalue weighted by Gasteiger charge is 2.09. The lowest BCUT2D eigenvalue weighted by Crippen LogP contribution is -2.14. The summed E-state index contributed by atoms with van der Waals surface area (Å²) in [6, 6.07) is 7.23. The van der Waals surface area contributed by atoms with Crippen molar-refractivity contribution in [2.75, 3.05) is 23.8 Å². The maximum Gasteiger partial charge on any atom is 0.275 e. The van der Waals surface area contributed by atoms with E-state index in [-0.39, 0.29) is 11.6 Å². The molecule has 0 fully saturated rings. The predicted octanol–water partition coefficient (Wildman–Crippen LogP) is 4.43. The van der Waals surface area contributed by atoms with E-state index in [0.29, 0.717) is 18.1 Å². The molecular weight excluding hydrogens is 340 g/mol. The van der Waals surface area contributed by atoms with Crippen LogP contribution in [-0.2, 0) is 0 Å². The fraction of sp³-hybridized carbons (Fsp3) is 0.381. The smallest absolute Gasteiger partial charge is 0.275 e. The topological polar surface area (TPSA) is 76.1 Å². The molecule has 1 aliphatic carbocycles. The number of carbonyl (C=O) groups is 1. The number of benzene rings is 1. The van der Waals surface area contributed by atoms with E-state index < -0.39 is 0 Å². The average Bonchev–Trinajstić information content (AvgIpc) is 2.71. The van der Waals surface area contributed by atoms with Crippen LogP contribution in [0.4, 0.5) is 11.5 Å². The van der Waals surface area contributed by atoms with Crippen LogP contribution in [0.3, 0.4) is 0 Å². The molecule has 2 aromatic rings. The van der Waals surface area contributed by atoms with Gasteiger partial charge < -0.3 is 15.4 Å². The number of allylic oxidation sites excluding steroid dienone is 1. The number of ether oxygens (including phenoxy) is 1. The van der Waals surface area contributed by atoms with Crippen LogP contribution in [0, 0.1) is 0 Å². The lowest BCUT2D eigenvalue weighted by atomic mass is 9.97. The minimum absolute atomic E-state index is 0.282. The van der Waals surface area contributed by atoms with Crippen LogP contribution < -0.4 is 15.4 Å². The van der Waals surface area contributed by atoms with Gasteiger partial charge in [-0.2, -0.15) is 0 Å². The highest BCUT2D eigenvalue weighted by molar-refractivity contribution is 6.02. The minimum Gasteiger partial charge on any atom is -0.494 e. The standard InChI is InChI=1S/C21H26N4O2/c1-2-27-18-10-8-17(9-11-18)25-21(26)19-14-24-20(15-23-19)22-13-12-16-6-4-3-5-7-16/h6,8-11,14-15H,2-5,7,12-13H2,1H3,(H,22,24)(H,25,26). The number of hydrogen-bond acceptors (Lipinski definition) is 5. The molecule has 142 valence electrons. The number of rotatable bonds is 8. The number of amides is 1. The molecule has 2 N–H and O–H groups in total. The zero-order chi connectivity index (χ0) is 18.9. The maximum absolute atomic E-state index is 12.3. The molecule has 27 heavy (non-hydrogen) atoms. The van der Waals surface area contributed by atoms with Crippen LogP contribution in [0.15, 0.2) is 48.3 Å². The van der Waals surface area contributed by atoms with E-state index in [1.165, 1.54) is 37.5 Å². The molecule has 1 aliphatic rings. The van der Waals surface area contributed by atoms with E-state index in [2.05, 4.69) is 26.7 Å². The molecular formula is C21H26N4O2. The fourth-order valence-electron chi connectivity index (χ4n) is 3.02. The first-order valence-corrected chi connectivity index (χ1v) is 9.52. The average molecular weight is 366 g/mol. The van der Waals surface area contributed by atoms with Gasteiger partial charge in [-0.3, -0.25) is 4.79 Å². The monoisotopic (exact) mass is 366 g/mol. The number of nitrogens with zero attached hydrogens (tertiary/aromatic N) is 2. The molecule has 0 radical (unpaired) electrons. The van der Waals surface area contributed by atoms with E-state index >= 15 is 0 Å². The highest BCUT2D eigenvalue weighted by Crippen LogP contribution is 2.20. The normalized spacial score (nSPS) is 13.6. The molecule has 0 atom stereocenters. The molecule has 6 nitrogen and oxygen atoms in total. The Labute approximate surface area is 160 Å². The van der Waals surface area contributed by atoms with E-state index in [0.717, 1.165) is 18.7 Å². The first kappa shape index (κ1) is 18.9. The lowest BCUT2D eigenvalue weighted by molar-refractivity contribution is 0.102. The van der Waals surface area contributed by atoms with Crippen molar-refractivity contribution in [1.82, 2.24) is 9.97 Å².